The summed E-state index contributed by atoms with van der Waals surface area (Å²) < 4.78 is 41.4. The van der Waals surface area contributed by atoms with Crippen molar-refractivity contribution in [2.45, 2.75) is 25.7 Å². The topological polar surface area (TPSA) is 75.9 Å². The van der Waals surface area contributed by atoms with Gasteiger partial charge in [0.05, 0.1) is 11.1 Å². The molecule has 0 unspecified atom stereocenters. The van der Waals surface area contributed by atoms with Crippen LogP contribution in [-0.2, 0) is 5.92 Å². The van der Waals surface area contributed by atoms with Crippen LogP contribution < -0.4 is 11.3 Å². The molecule has 1 amide bonds. The first-order chi connectivity index (χ1) is 10.6. The Morgan fingerprint density at radius 2 is 1.91 bits per heavy atom. The van der Waals surface area contributed by atoms with Gasteiger partial charge in [0.15, 0.2) is 0 Å². The normalized spacial score (nSPS) is 12.9. The fraction of sp³-hybridized carbons (Fsp3) is 0.250. The highest BCUT2D eigenvalue weighted by atomic mass is 19.3. The van der Waals surface area contributed by atoms with Crippen molar-refractivity contribution in [3.05, 3.63) is 68.9 Å². The molecule has 0 saturated heterocycles. The minimum Gasteiger partial charge on any atom is -0.366 e. The fourth-order valence-corrected chi connectivity index (χ4v) is 2.43. The molecule has 0 aliphatic heterocycles. The van der Waals surface area contributed by atoms with Gasteiger partial charge >= 0.3 is 0 Å². The first kappa shape index (κ1) is 16.8. The minimum atomic E-state index is -3.35. The molecule has 0 fully saturated rings. The van der Waals surface area contributed by atoms with Gasteiger partial charge in [-0.05, 0) is 11.6 Å². The van der Waals surface area contributed by atoms with Gasteiger partial charge in [-0.1, -0.05) is 25.1 Å². The number of halogens is 3. The largest absolute Gasteiger partial charge is 0.366 e. The number of primary amides is 1. The first-order valence-corrected chi connectivity index (χ1v) is 6.82. The van der Waals surface area contributed by atoms with E-state index >= 15 is 0 Å². The highest BCUT2D eigenvalue weighted by molar-refractivity contribution is 5.94. The number of carbonyl (C=O) groups excluding carboxylic acids is 1. The summed E-state index contributed by atoms with van der Waals surface area (Å²) in [5.41, 5.74) is 4.02. The van der Waals surface area contributed by atoms with Crippen molar-refractivity contribution in [2.24, 2.45) is 5.73 Å². The highest BCUT2D eigenvalue weighted by Crippen LogP contribution is 2.34. The van der Waals surface area contributed by atoms with Crippen molar-refractivity contribution >= 4 is 5.91 Å². The molecule has 3 N–H and O–H groups in total. The van der Waals surface area contributed by atoms with Gasteiger partial charge in [0.1, 0.15) is 5.82 Å². The van der Waals surface area contributed by atoms with Gasteiger partial charge < -0.3 is 10.7 Å². The molecule has 23 heavy (non-hydrogen) atoms. The number of aromatic nitrogens is 1. The average Bonchev–Trinajstić information content (AvgIpc) is 2.45. The Morgan fingerprint density at radius 3 is 2.48 bits per heavy atom. The number of nitrogens with two attached hydrogens (primary N) is 1. The Hall–Kier alpha value is -2.57. The number of pyridine rings is 1. The van der Waals surface area contributed by atoms with Gasteiger partial charge in [0.2, 0.25) is 11.5 Å². The molecule has 0 aliphatic rings. The average molecular weight is 324 g/mol. The van der Waals surface area contributed by atoms with Gasteiger partial charge in [0.25, 0.3) is 5.92 Å². The maximum absolute atomic E-state index is 14.4. The van der Waals surface area contributed by atoms with E-state index in [9.17, 15) is 22.8 Å². The Kier molecular flexibility index (Phi) is 4.31. The maximum atomic E-state index is 14.4. The van der Waals surface area contributed by atoms with Crippen LogP contribution in [0.4, 0.5) is 13.2 Å². The smallest absolute Gasteiger partial charge is 0.273 e. The van der Waals surface area contributed by atoms with E-state index in [2.05, 4.69) is 4.98 Å². The van der Waals surface area contributed by atoms with Crippen LogP contribution >= 0.6 is 0 Å². The number of amides is 1. The molecule has 1 heterocycles. The standard InChI is InChI=1S/C16H15F3N2O2/c1-8(14-10(15(20)23)6-7-12(22)21-14)9-4-3-5-11(13(9)17)16(2,18)19/h3-8H,1-2H3,(H2,20,23)(H,21,22)/t8-/m1/s1. The molecule has 1 aromatic carbocycles. The van der Waals surface area contributed by atoms with Crippen molar-refractivity contribution in [1.82, 2.24) is 4.98 Å². The van der Waals surface area contributed by atoms with Gasteiger partial charge in [-0.2, -0.15) is 0 Å². The monoisotopic (exact) mass is 324 g/mol. The lowest BCUT2D eigenvalue weighted by Crippen LogP contribution is -2.21. The van der Waals surface area contributed by atoms with Crippen LogP contribution in [0.25, 0.3) is 0 Å². The number of benzene rings is 1. The number of alkyl halides is 2. The molecule has 1 aromatic heterocycles. The van der Waals surface area contributed by atoms with E-state index in [1.165, 1.54) is 25.1 Å². The van der Waals surface area contributed by atoms with Crippen LogP contribution in [0.15, 0.2) is 35.1 Å². The van der Waals surface area contributed by atoms with Crippen molar-refractivity contribution in [3.8, 4) is 0 Å². The molecule has 4 nitrogen and oxygen atoms in total. The van der Waals surface area contributed by atoms with Gasteiger partial charge in [-0.15, -0.1) is 0 Å². The minimum absolute atomic E-state index is 0.00478. The van der Waals surface area contributed by atoms with E-state index in [1.807, 2.05) is 0 Å². The molecule has 0 bridgehead atoms. The molecular weight excluding hydrogens is 309 g/mol. The van der Waals surface area contributed by atoms with Crippen LogP contribution in [0.2, 0.25) is 0 Å². The molecule has 0 spiro atoms. The summed E-state index contributed by atoms with van der Waals surface area (Å²) in [5, 5.41) is 0. The Bertz CT molecular complexity index is 810. The van der Waals surface area contributed by atoms with Crippen molar-refractivity contribution < 1.29 is 18.0 Å². The second-order valence-electron chi connectivity index (χ2n) is 5.33. The van der Waals surface area contributed by atoms with Crippen molar-refractivity contribution in [1.29, 1.82) is 0 Å². The third-order valence-electron chi connectivity index (χ3n) is 3.62. The second-order valence-corrected chi connectivity index (χ2v) is 5.33. The van der Waals surface area contributed by atoms with Crippen LogP contribution in [0.5, 0.6) is 0 Å². The second kappa shape index (κ2) is 5.91. The maximum Gasteiger partial charge on any atom is 0.273 e. The molecule has 0 radical (unpaired) electrons. The third kappa shape index (κ3) is 3.28. The number of aromatic amines is 1. The molecular formula is C16H15F3N2O2. The van der Waals surface area contributed by atoms with Gasteiger partial charge in [0, 0.05) is 24.6 Å². The molecule has 0 saturated carbocycles. The number of rotatable bonds is 4. The summed E-state index contributed by atoms with van der Waals surface area (Å²) in [4.78, 5) is 25.4. The SMILES string of the molecule is C[C@H](c1cccc(C(C)(F)F)c1F)c1[nH]c(=O)ccc1C(N)=O. The molecule has 122 valence electrons. The number of hydrogen-bond donors (Lipinski definition) is 2. The van der Waals surface area contributed by atoms with Crippen LogP contribution in [-0.4, -0.2) is 10.9 Å². The summed E-state index contributed by atoms with van der Waals surface area (Å²) in [6, 6.07) is 5.96. The molecule has 2 rings (SSSR count). The quantitative estimate of drug-likeness (QED) is 0.907. The lowest BCUT2D eigenvalue weighted by atomic mass is 9.91. The van der Waals surface area contributed by atoms with E-state index in [0.29, 0.717) is 6.92 Å². The molecule has 0 aliphatic carbocycles. The van der Waals surface area contributed by atoms with Crippen molar-refractivity contribution in [3.63, 3.8) is 0 Å². The molecule has 7 heteroatoms. The van der Waals surface area contributed by atoms with E-state index < -0.39 is 34.7 Å². The van der Waals surface area contributed by atoms with Crippen LogP contribution in [0.1, 0.15) is 46.9 Å². The zero-order valence-electron chi connectivity index (χ0n) is 12.5. The first-order valence-electron chi connectivity index (χ1n) is 6.82. The lowest BCUT2D eigenvalue weighted by Gasteiger charge is -2.19. The van der Waals surface area contributed by atoms with Crippen LogP contribution in [0, 0.1) is 5.82 Å². The molecule has 1 atom stereocenters. The van der Waals surface area contributed by atoms with E-state index in [0.717, 1.165) is 12.1 Å². The summed E-state index contributed by atoms with van der Waals surface area (Å²) >= 11 is 0. The van der Waals surface area contributed by atoms with Crippen molar-refractivity contribution in [2.75, 3.05) is 0 Å². The zero-order valence-corrected chi connectivity index (χ0v) is 12.5. The number of H-pyrrole nitrogens is 1. The predicted octanol–water partition coefficient (Wildman–Crippen LogP) is 2.88. The summed E-state index contributed by atoms with van der Waals surface area (Å²) in [6.07, 6.45) is 0. The van der Waals surface area contributed by atoms with Crippen LogP contribution in [0.3, 0.4) is 0 Å². The lowest BCUT2D eigenvalue weighted by molar-refractivity contribution is 0.0135. The summed E-state index contributed by atoms with van der Waals surface area (Å²) in [7, 11) is 0. The highest BCUT2D eigenvalue weighted by Gasteiger charge is 2.31. The third-order valence-corrected chi connectivity index (χ3v) is 3.62. The Morgan fingerprint density at radius 1 is 1.26 bits per heavy atom. The summed E-state index contributed by atoms with van der Waals surface area (Å²) in [6.45, 7) is 2.09. The van der Waals surface area contributed by atoms with E-state index in [4.69, 9.17) is 5.73 Å². The Labute approximate surface area is 130 Å². The number of carbonyl (C=O) groups is 1. The van der Waals surface area contributed by atoms with Gasteiger partial charge in [-0.3, -0.25) is 9.59 Å². The van der Waals surface area contributed by atoms with E-state index in [-0.39, 0.29) is 16.8 Å². The number of hydrogen-bond acceptors (Lipinski definition) is 2. The zero-order chi connectivity index (χ0) is 17.4. The Balaban J connectivity index is 2.63. The van der Waals surface area contributed by atoms with Gasteiger partial charge in [-0.25, -0.2) is 13.2 Å². The van der Waals surface area contributed by atoms with E-state index in [1.54, 1.807) is 0 Å². The predicted molar refractivity (Wildman–Crippen MR) is 79.1 cm³/mol. The fourth-order valence-electron chi connectivity index (χ4n) is 2.43. The number of nitrogens with one attached hydrogen (secondary N) is 1. The molecule has 2 aromatic rings. The summed E-state index contributed by atoms with van der Waals surface area (Å²) in [5.74, 6) is -6.07.